The Morgan fingerprint density at radius 2 is 2.08 bits per heavy atom. The minimum absolute atomic E-state index is 0.489. The highest BCUT2D eigenvalue weighted by Gasteiger charge is 2.29. The monoisotopic (exact) mass is 201 g/mol. The Bertz CT molecular complexity index is 280. The first-order valence-corrected chi connectivity index (χ1v) is 5.18. The van der Waals surface area contributed by atoms with Crippen LogP contribution in [0.5, 0.6) is 0 Å². The zero-order valence-corrected chi connectivity index (χ0v) is 9.33. The summed E-state index contributed by atoms with van der Waals surface area (Å²) in [5, 5.41) is 2.98. The highest BCUT2D eigenvalue weighted by Crippen LogP contribution is 2.33. The lowest BCUT2D eigenvalue weighted by Crippen LogP contribution is -2.40. The van der Waals surface area contributed by atoms with Crippen LogP contribution in [-0.4, -0.2) is 12.6 Å². The molecule has 0 aliphatic rings. The van der Waals surface area contributed by atoms with E-state index in [9.17, 15) is 4.39 Å². The zero-order valence-electron chi connectivity index (χ0n) is 8.52. The normalized spacial score (nSPS) is 14.5. The lowest BCUT2D eigenvalue weighted by Gasteiger charge is -2.27. The molecule has 1 N–H and O–H groups in total. The van der Waals surface area contributed by atoms with Crippen LogP contribution in [0.25, 0.3) is 0 Å². The van der Waals surface area contributed by atoms with Crippen LogP contribution in [0.3, 0.4) is 0 Å². The number of halogens is 1. The second kappa shape index (κ2) is 3.76. The standard InChI is InChI=1S/C10H16FNS/c1-7-5-6-8(13-7)9(11)10(2,3)12-4/h5-6,9,12H,1-4H3. The first kappa shape index (κ1) is 10.7. The van der Waals surface area contributed by atoms with Gasteiger partial charge in [-0.05, 0) is 40.0 Å². The van der Waals surface area contributed by atoms with Crippen molar-refractivity contribution in [1.82, 2.24) is 5.32 Å². The molecule has 13 heavy (non-hydrogen) atoms. The van der Waals surface area contributed by atoms with E-state index in [4.69, 9.17) is 0 Å². The van der Waals surface area contributed by atoms with Crippen molar-refractivity contribution in [3.63, 3.8) is 0 Å². The van der Waals surface area contributed by atoms with E-state index in [2.05, 4.69) is 5.32 Å². The summed E-state index contributed by atoms with van der Waals surface area (Å²) in [5.74, 6) is 0. The molecule has 0 spiro atoms. The lowest BCUT2D eigenvalue weighted by molar-refractivity contribution is 0.195. The summed E-state index contributed by atoms with van der Waals surface area (Å²) in [6.07, 6.45) is -0.934. The lowest BCUT2D eigenvalue weighted by atomic mass is 9.98. The third kappa shape index (κ3) is 2.29. The van der Waals surface area contributed by atoms with E-state index < -0.39 is 11.7 Å². The van der Waals surface area contributed by atoms with E-state index in [1.165, 1.54) is 11.3 Å². The smallest absolute Gasteiger partial charge is 0.152 e. The average molecular weight is 201 g/mol. The van der Waals surface area contributed by atoms with Crippen molar-refractivity contribution in [1.29, 1.82) is 0 Å². The number of alkyl halides is 1. The van der Waals surface area contributed by atoms with Crippen molar-refractivity contribution >= 4 is 11.3 Å². The molecular weight excluding hydrogens is 185 g/mol. The molecular formula is C10H16FNS. The number of nitrogens with one attached hydrogen (secondary N) is 1. The van der Waals surface area contributed by atoms with Crippen molar-refractivity contribution in [2.45, 2.75) is 32.5 Å². The Kier molecular flexibility index (Phi) is 3.09. The highest BCUT2D eigenvalue weighted by atomic mass is 32.1. The van der Waals surface area contributed by atoms with E-state index in [0.717, 1.165) is 9.75 Å². The van der Waals surface area contributed by atoms with E-state index in [1.807, 2.05) is 32.9 Å². The van der Waals surface area contributed by atoms with Gasteiger partial charge in [0.25, 0.3) is 0 Å². The Balaban J connectivity index is 2.84. The Labute approximate surface area is 83.0 Å². The van der Waals surface area contributed by atoms with E-state index in [-0.39, 0.29) is 0 Å². The van der Waals surface area contributed by atoms with Crippen molar-refractivity contribution in [3.8, 4) is 0 Å². The van der Waals surface area contributed by atoms with Crippen LogP contribution in [0.1, 0.15) is 29.8 Å². The largest absolute Gasteiger partial charge is 0.312 e. The third-order valence-corrected chi connectivity index (χ3v) is 3.33. The maximum atomic E-state index is 13.9. The van der Waals surface area contributed by atoms with Crippen LogP contribution in [0.2, 0.25) is 0 Å². The molecule has 74 valence electrons. The molecule has 0 aliphatic heterocycles. The van der Waals surface area contributed by atoms with Gasteiger partial charge in [-0.15, -0.1) is 11.3 Å². The van der Waals surface area contributed by atoms with Crippen LogP contribution < -0.4 is 5.32 Å². The molecule has 1 heterocycles. The number of hydrogen-bond acceptors (Lipinski definition) is 2. The van der Waals surface area contributed by atoms with Gasteiger partial charge in [0, 0.05) is 15.3 Å². The fourth-order valence-corrected chi connectivity index (χ4v) is 2.11. The van der Waals surface area contributed by atoms with Crippen LogP contribution in [0.15, 0.2) is 12.1 Å². The molecule has 0 fully saturated rings. The molecule has 0 amide bonds. The third-order valence-electron chi connectivity index (χ3n) is 2.29. The summed E-state index contributed by atoms with van der Waals surface area (Å²) >= 11 is 1.52. The number of likely N-dealkylation sites (N-methyl/N-ethyl adjacent to an activating group) is 1. The van der Waals surface area contributed by atoms with Gasteiger partial charge in [-0.2, -0.15) is 0 Å². The summed E-state index contributed by atoms with van der Waals surface area (Å²) in [4.78, 5) is 1.96. The van der Waals surface area contributed by atoms with Gasteiger partial charge >= 0.3 is 0 Å². The predicted octanol–water partition coefficient (Wildman–Crippen LogP) is 3.07. The van der Waals surface area contributed by atoms with Gasteiger partial charge in [-0.1, -0.05) is 0 Å². The van der Waals surface area contributed by atoms with Gasteiger partial charge in [0.05, 0.1) is 0 Å². The number of hydrogen-bond donors (Lipinski definition) is 1. The molecule has 1 nitrogen and oxygen atoms in total. The van der Waals surface area contributed by atoms with Crippen LogP contribution in [0, 0.1) is 6.92 Å². The average Bonchev–Trinajstić information content (AvgIpc) is 2.50. The van der Waals surface area contributed by atoms with E-state index >= 15 is 0 Å². The number of thiophene rings is 1. The SMILES string of the molecule is CNC(C)(C)C(F)c1ccc(C)s1. The zero-order chi connectivity index (χ0) is 10.1. The molecule has 0 aliphatic carbocycles. The second-order valence-corrected chi connectivity index (χ2v) is 5.10. The molecule has 0 radical (unpaired) electrons. The minimum atomic E-state index is -0.934. The van der Waals surface area contributed by atoms with Gasteiger partial charge in [0.15, 0.2) is 6.17 Å². The first-order chi connectivity index (χ1) is 5.97. The van der Waals surface area contributed by atoms with Crippen LogP contribution in [-0.2, 0) is 0 Å². The highest BCUT2D eigenvalue weighted by molar-refractivity contribution is 7.12. The molecule has 3 heteroatoms. The number of aryl methyl sites for hydroxylation is 1. The molecule has 1 aromatic rings. The molecule has 0 aromatic carbocycles. The summed E-state index contributed by atoms with van der Waals surface area (Å²) in [7, 11) is 1.78. The van der Waals surface area contributed by atoms with Gasteiger partial charge < -0.3 is 5.32 Å². The quantitative estimate of drug-likeness (QED) is 0.792. The van der Waals surface area contributed by atoms with Gasteiger partial charge in [0.1, 0.15) is 0 Å². The van der Waals surface area contributed by atoms with Crippen LogP contribution in [0.4, 0.5) is 4.39 Å². The Hall–Kier alpha value is -0.410. The predicted molar refractivity (Wildman–Crippen MR) is 56.0 cm³/mol. The molecule has 1 atom stereocenters. The molecule has 1 unspecified atom stereocenters. The maximum Gasteiger partial charge on any atom is 0.152 e. The summed E-state index contributed by atoms with van der Waals surface area (Å²) < 4.78 is 13.9. The van der Waals surface area contributed by atoms with Gasteiger partial charge in [-0.25, -0.2) is 4.39 Å². The number of rotatable bonds is 3. The Morgan fingerprint density at radius 1 is 1.46 bits per heavy atom. The fourth-order valence-electron chi connectivity index (χ4n) is 1.07. The van der Waals surface area contributed by atoms with Gasteiger partial charge in [0.2, 0.25) is 0 Å². The summed E-state index contributed by atoms with van der Waals surface area (Å²) in [6, 6.07) is 3.82. The maximum absolute atomic E-state index is 13.9. The second-order valence-electron chi connectivity index (χ2n) is 3.78. The molecule has 0 saturated carbocycles. The van der Waals surface area contributed by atoms with Crippen LogP contribution >= 0.6 is 11.3 Å². The van der Waals surface area contributed by atoms with Gasteiger partial charge in [-0.3, -0.25) is 0 Å². The topological polar surface area (TPSA) is 12.0 Å². The minimum Gasteiger partial charge on any atom is -0.312 e. The molecule has 1 aromatic heterocycles. The molecule has 0 bridgehead atoms. The fraction of sp³-hybridized carbons (Fsp3) is 0.600. The van der Waals surface area contributed by atoms with Crippen molar-refractivity contribution < 1.29 is 4.39 Å². The molecule has 0 saturated heterocycles. The summed E-state index contributed by atoms with van der Waals surface area (Å²) in [6.45, 7) is 5.73. The van der Waals surface area contributed by atoms with E-state index in [0.29, 0.717) is 0 Å². The summed E-state index contributed by atoms with van der Waals surface area (Å²) in [5.41, 5.74) is -0.489. The van der Waals surface area contributed by atoms with E-state index in [1.54, 1.807) is 7.05 Å². The Morgan fingerprint density at radius 3 is 2.46 bits per heavy atom. The molecule has 1 rings (SSSR count). The van der Waals surface area contributed by atoms with Crippen molar-refractivity contribution in [2.24, 2.45) is 0 Å². The van der Waals surface area contributed by atoms with Crippen molar-refractivity contribution in [3.05, 3.63) is 21.9 Å². The van der Waals surface area contributed by atoms with Crippen molar-refractivity contribution in [2.75, 3.05) is 7.05 Å². The first-order valence-electron chi connectivity index (χ1n) is 4.36.